The lowest BCUT2D eigenvalue weighted by Gasteiger charge is -2.06. The topological polar surface area (TPSA) is 61.3 Å². The number of nitrogens with two attached hydrogens (primary N) is 2. The highest BCUT2D eigenvalue weighted by Crippen LogP contribution is 2.20. The first-order chi connectivity index (χ1) is 10.8. The molecule has 3 nitrogen and oxygen atoms in total. The molecular formula is C15H17BCl2F2N2O. The molecule has 2 rings (SSSR count). The molecule has 1 atom stereocenters. The Kier molecular flexibility index (Phi) is 8.33. The first-order valence-electron chi connectivity index (χ1n) is 6.81. The van der Waals surface area contributed by atoms with Crippen LogP contribution >= 0.6 is 23.2 Å². The molecule has 124 valence electrons. The molecule has 0 fully saturated rings. The van der Waals surface area contributed by atoms with Crippen LogP contribution in [-0.4, -0.2) is 20.1 Å². The standard InChI is InChI=1S/C12H7BCl2F2O.C3H10N2/c14-9-3-1-7(5-11(9)16)13-18-8-2-4-10(15)12(17)6-8;1-3(5)2-4/h1-6,13H;3H,2,4-5H2,1H3. The molecule has 0 amide bonds. The quantitative estimate of drug-likeness (QED) is 0.824. The predicted molar refractivity (Wildman–Crippen MR) is 92.9 cm³/mol. The lowest BCUT2D eigenvalue weighted by Crippen LogP contribution is -2.25. The molecule has 0 bridgehead atoms. The highest BCUT2D eigenvalue weighted by Gasteiger charge is 2.06. The third kappa shape index (κ3) is 7.18. The fraction of sp³-hybridized carbons (Fsp3) is 0.200. The van der Waals surface area contributed by atoms with E-state index in [1.54, 1.807) is 6.07 Å². The van der Waals surface area contributed by atoms with E-state index in [1.807, 2.05) is 6.92 Å². The van der Waals surface area contributed by atoms with Crippen molar-refractivity contribution in [3.05, 3.63) is 58.1 Å². The van der Waals surface area contributed by atoms with Gasteiger partial charge >= 0.3 is 7.48 Å². The van der Waals surface area contributed by atoms with Crippen LogP contribution in [0.5, 0.6) is 5.75 Å². The molecule has 0 aromatic heterocycles. The van der Waals surface area contributed by atoms with Crippen LogP contribution in [0.25, 0.3) is 0 Å². The number of hydrogen-bond acceptors (Lipinski definition) is 3. The SMILES string of the molecule is CC(N)CN.Fc1cc(BOc2ccc(Cl)c(F)c2)ccc1Cl. The molecule has 0 saturated carbocycles. The Morgan fingerprint density at radius 1 is 1.09 bits per heavy atom. The maximum atomic E-state index is 13.2. The van der Waals surface area contributed by atoms with Crippen molar-refractivity contribution in [1.82, 2.24) is 0 Å². The molecule has 2 aromatic rings. The zero-order valence-corrected chi connectivity index (χ0v) is 14.0. The predicted octanol–water partition coefficient (Wildman–Crippen LogP) is 2.62. The number of halogens is 4. The Balaban J connectivity index is 0.000000463. The molecule has 0 spiro atoms. The fourth-order valence-corrected chi connectivity index (χ4v) is 1.60. The highest BCUT2D eigenvalue weighted by molar-refractivity contribution is 6.48. The van der Waals surface area contributed by atoms with E-state index in [2.05, 4.69) is 0 Å². The largest absolute Gasteiger partial charge is 0.559 e. The van der Waals surface area contributed by atoms with Crippen molar-refractivity contribution in [2.45, 2.75) is 13.0 Å². The smallest absolute Gasteiger partial charge is 0.374 e. The lowest BCUT2D eigenvalue weighted by atomic mass is 9.88. The van der Waals surface area contributed by atoms with Crippen molar-refractivity contribution in [3.8, 4) is 5.75 Å². The molecule has 8 heteroatoms. The van der Waals surface area contributed by atoms with Gasteiger partial charge in [0.05, 0.1) is 10.0 Å². The molecule has 0 saturated heterocycles. The van der Waals surface area contributed by atoms with Crippen LogP contribution in [0.1, 0.15) is 6.92 Å². The van der Waals surface area contributed by atoms with E-state index < -0.39 is 11.6 Å². The second-order valence-electron chi connectivity index (χ2n) is 4.83. The van der Waals surface area contributed by atoms with Crippen molar-refractivity contribution in [2.24, 2.45) is 11.5 Å². The number of hydrogen-bond donors (Lipinski definition) is 2. The second-order valence-corrected chi connectivity index (χ2v) is 5.64. The monoisotopic (exact) mass is 360 g/mol. The van der Waals surface area contributed by atoms with Gasteiger partial charge in [-0.2, -0.15) is 0 Å². The third-order valence-electron chi connectivity index (χ3n) is 2.65. The Hall–Kier alpha value is -1.34. The lowest BCUT2D eigenvalue weighted by molar-refractivity contribution is 0.579. The molecule has 1 unspecified atom stereocenters. The van der Waals surface area contributed by atoms with Gasteiger partial charge in [-0.3, -0.25) is 0 Å². The Morgan fingerprint density at radius 2 is 1.61 bits per heavy atom. The van der Waals surface area contributed by atoms with E-state index >= 15 is 0 Å². The average molecular weight is 361 g/mol. The number of benzene rings is 2. The van der Waals surface area contributed by atoms with Crippen LogP contribution in [0.15, 0.2) is 36.4 Å². The Labute approximate surface area is 144 Å². The second kappa shape index (κ2) is 9.73. The summed E-state index contributed by atoms with van der Waals surface area (Å²) in [5.41, 5.74) is 10.8. The van der Waals surface area contributed by atoms with Crippen LogP contribution in [0.2, 0.25) is 10.0 Å². The van der Waals surface area contributed by atoms with Crippen LogP contribution in [0.4, 0.5) is 8.78 Å². The zero-order valence-electron chi connectivity index (χ0n) is 12.5. The van der Waals surface area contributed by atoms with E-state index in [4.69, 9.17) is 39.3 Å². The van der Waals surface area contributed by atoms with Crippen molar-refractivity contribution in [2.75, 3.05) is 6.54 Å². The average Bonchev–Trinajstić information content (AvgIpc) is 2.52. The van der Waals surface area contributed by atoms with E-state index in [9.17, 15) is 8.78 Å². The molecule has 0 aliphatic heterocycles. The summed E-state index contributed by atoms with van der Waals surface area (Å²) in [6.07, 6.45) is 0. The molecule has 0 aliphatic carbocycles. The summed E-state index contributed by atoms with van der Waals surface area (Å²) >= 11 is 11.1. The Morgan fingerprint density at radius 3 is 2.09 bits per heavy atom. The van der Waals surface area contributed by atoms with E-state index in [0.717, 1.165) is 0 Å². The van der Waals surface area contributed by atoms with Crippen LogP contribution in [-0.2, 0) is 0 Å². The normalized spacial score (nSPS) is 11.3. The first-order valence-corrected chi connectivity index (χ1v) is 7.56. The minimum Gasteiger partial charge on any atom is -0.559 e. The summed E-state index contributed by atoms with van der Waals surface area (Å²) in [6, 6.07) is 8.63. The summed E-state index contributed by atoms with van der Waals surface area (Å²) in [6.45, 7) is 2.46. The minimum atomic E-state index is -0.559. The van der Waals surface area contributed by atoms with Gasteiger partial charge in [-0.25, -0.2) is 8.78 Å². The van der Waals surface area contributed by atoms with Gasteiger partial charge in [0, 0.05) is 18.7 Å². The van der Waals surface area contributed by atoms with E-state index in [-0.39, 0.29) is 23.6 Å². The summed E-state index contributed by atoms with van der Waals surface area (Å²) in [5.74, 6) is -0.747. The molecule has 2 aromatic carbocycles. The van der Waals surface area contributed by atoms with Gasteiger partial charge in [-0.05, 0) is 36.7 Å². The summed E-state index contributed by atoms with van der Waals surface area (Å²) in [5, 5.41) is 0.0798. The van der Waals surface area contributed by atoms with Gasteiger partial charge in [-0.15, -0.1) is 0 Å². The van der Waals surface area contributed by atoms with Crippen molar-refractivity contribution in [1.29, 1.82) is 0 Å². The van der Waals surface area contributed by atoms with E-state index in [1.165, 1.54) is 30.3 Å². The van der Waals surface area contributed by atoms with Gasteiger partial charge in [0.25, 0.3) is 0 Å². The van der Waals surface area contributed by atoms with Gasteiger partial charge < -0.3 is 16.1 Å². The van der Waals surface area contributed by atoms with Crippen molar-refractivity contribution < 1.29 is 13.4 Å². The highest BCUT2D eigenvalue weighted by atomic mass is 35.5. The maximum Gasteiger partial charge on any atom is 0.374 e. The first kappa shape index (κ1) is 19.7. The van der Waals surface area contributed by atoms with Crippen LogP contribution in [0, 0.1) is 11.6 Å². The van der Waals surface area contributed by atoms with Gasteiger partial charge in [-0.1, -0.05) is 29.3 Å². The van der Waals surface area contributed by atoms with Crippen LogP contribution in [0.3, 0.4) is 0 Å². The van der Waals surface area contributed by atoms with Gasteiger partial charge in [0.15, 0.2) is 0 Å². The maximum absolute atomic E-state index is 13.2. The summed E-state index contributed by atoms with van der Waals surface area (Å²) in [4.78, 5) is 0. The summed E-state index contributed by atoms with van der Waals surface area (Å²) < 4.78 is 31.6. The van der Waals surface area contributed by atoms with Crippen molar-refractivity contribution >= 4 is 36.1 Å². The molecular weight excluding hydrogens is 344 g/mol. The summed E-state index contributed by atoms with van der Waals surface area (Å²) in [7, 11) is 0.120. The van der Waals surface area contributed by atoms with Crippen molar-refractivity contribution in [3.63, 3.8) is 0 Å². The third-order valence-corrected chi connectivity index (χ3v) is 3.27. The minimum absolute atomic E-state index is 0.0277. The number of rotatable bonds is 4. The molecule has 4 N–H and O–H groups in total. The van der Waals surface area contributed by atoms with Crippen LogP contribution < -0.4 is 21.6 Å². The molecule has 0 aliphatic rings. The van der Waals surface area contributed by atoms with E-state index in [0.29, 0.717) is 17.8 Å². The fourth-order valence-electron chi connectivity index (χ4n) is 1.36. The van der Waals surface area contributed by atoms with Gasteiger partial charge in [0.2, 0.25) is 0 Å². The molecule has 23 heavy (non-hydrogen) atoms. The zero-order chi connectivity index (χ0) is 17.4. The molecule has 0 heterocycles. The molecule has 0 radical (unpaired) electrons. The van der Waals surface area contributed by atoms with Gasteiger partial charge in [0.1, 0.15) is 17.4 Å². The Bertz CT molecular complexity index is 593.